The Hall–Kier alpha value is -1.91. The maximum atomic E-state index is 12.9. The molecule has 3 rings (SSSR count). The van der Waals surface area contributed by atoms with Gasteiger partial charge in [0.15, 0.2) is 20.8 Å². The van der Waals surface area contributed by atoms with Gasteiger partial charge in [0.05, 0.1) is 30.4 Å². The molecule has 0 saturated carbocycles. The topological polar surface area (TPSA) is 94.4 Å². The normalized spacial score (nSPS) is 17.9. The van der Waals surface area contributed by atoms with Crippen LogP contribution in [0.15, 0.2) is 35.5 Å². The number of nitrogens with zero attached hydrogens (tertiary/aromatic N) is 4. The Kier molecular flexibility index (Phi) is 7.90. The number of carbonyl (C=O) groups excluding carboxylic acids is 1. The maximum absolute atomic E-state index is 12.9. The van der Waals surface area contributed by atoms with Gasteiger partial charge in [-0.1, -0.05) is 49.0 Å². The standard InChI is InChI=1S/C20H28N4O4S2/c1-3-10-23(17-9-13-30(26,27)15-17)18(25)14-29-20-22-21-19(24(20)11-12-28-2)16-7-5-4-6-8-16/h4-8,17H,3,9-15H2,1-2H3. The minimum Gasteiger partial charge on any atom is -0.383 e. The van der Waals surface area contributed by atoms with Crippen LogP contribution in [0.25, 0.3) is 11.4 Å². The monoisotopic (exact) mass is 452 g/mol. The van der Waals surface area contributed by atoms with Crippen LogP contribution in [0.3, 0.4) is 0 Å². The lowest BCUT2D eigenvalue weighted by molar-refractivity contribution is -0.130. The molecule has 0 bridgehead atoms. The Labute approximate surface area is 181 Å². The number of ether oxygens (including phenoxy) is 1. The summed E-state index contributed by atoms with van der Waals surface area (Å²) in [5.41, 5.74) is 0.947. The summed E-state index contributed by atoms with van der Waals surface area (Å²) in [6.07, 6.45) is 1.30. The molecule has 8 nitrogen and oxygen atoms in total. The second-order valence-electron chi connectivity index (χ2n) is 7.25. The van der Waals surface area contributed by atoms with Crippen molar-refractivity contribution in [1.82, 2.24) is 19.7 Å². The average molecular weight is 453 g/mol. The zero-order chi connectivity index (χ0) is 21.6. The number of amides is 1. The van der Waals surface area contributed by atoms with Crippen LogP contribution in [-0.2, 0) is 25.9 Å². The smallest absolute Gasteiger partial charge is 0.233 e. The molecule has 1 unspecified atom stereocenters. The third kappa shape index (κ3) is 5.61. The first-order chi connectivity index (χ1) is 14.4. The van der Waals surface area contributed by atoms with Gasteiger partial charge in [0.2, 0.25) is 5.91 Å². The van der Waals surface area contributed by atoms with Crippen LogP contribution >= 0.6 is 11.8 Å². The molecule has 0 radical (unpaired) electrons. The van der Waals surface area contributed by atoms with Crippen molar-refractivity contribution in [1.29, 1.82) is 0 Å². The van der Waals surface area contributed by atoms with Crippen molar-refractivity contribution in [3.05, 3.63) is 30.3 Å². The minimum absolute atomic E-state index is 0.0611. The number of benzene rings is 1. The molecule has 1 atom stereocenters. The molecule has 1 fully saturated rings. The molecule has 2 heterocycles. The van der Waals surface area contributed by atoms with Crippen molar-refractivity contribution in [2.45, 2.75) is 37.5 Å². The summed E-state index contributed by atoms with van der Waals surface area (Å²) in [5, 5.41) is 9.27. The van der Waals surface area contributed by atoms with Crippen LogP contribution in [0.4, 0.5) is 0 Å². The van der Waals surface area contributed by atoms with Crippen molar-refractivity contribution in [3.8, 4) is 11.4 Å². The SMILES string of the molecule is CCCN(C(=O)CSc1nnc(-c2ccccc2)n1CCOC)C1CCS(=O)(=O)C1. The first kappa shape index (κ1) is 22.8. The van der Waals surface area contributed by atoms with E-state index in [0.717, 1.165) is 17.8 Å². The summed E-state index contributed by atoms with van der Waals surface area (Å²) >= 11 is 1.33. The summed E-state index contributed by atoms with van der Waals surface area (Å²) in [4.78, 5) is 14.7. The van der Waals surface area contributed by atoms with E-state index in [-0.39, 0.29) is 29.2 Å². The third-order valence-electron chi connectivity index (χ3n) is 5.03. The Morgan fingerprint density at radius 1 is 1.30 bits per heavy atom. The van der Waals surface area contributed by atoms with Crippen LogP contribution in [0, 0.1) is 0 Å². The van der Waals surface area contributed by atoms with Gasteiger partial charge >= 0.3 is 0 Å². The molecule has 164 valence electrons. The van der Waals surface area contributed by atoms with Crippen molar-refractivity contribution in [2.75, 3.05) is 37.5 Å². The molecule has 1 saturated heterocycles. The first-order valence-corrected chi connectivity index (χ1v) is 12.9. The lowest BCUT2D eigenvalue weighted by Gasteiger charge is -2.27. The molecule has 0 aliphatic carbocycles. The zero-order valence-electron chi connectivity index (χ0n) is 17.4. The van der Waals surface area contributed by atoms with Gasteiger partial charge in [-0.15, -0.1) is 10.2 Å². The van der Waals surface area contributed by atoms with Crippen molar-refractivity contribution >= 4 is 27.5 Å². The molecule has 0 spiro atoms. The zero-order valence-corrected chi connectivity index (χ0v) is 19.0. The number of carbonyl (C=O) groups is 1. The summed E-state index contributed by atoms with van der Waals surface area (Å²) in [5.74, 6) is 1.08. The lowest BCUT2D eigenvalue weighted by atomic mass is 10.2. The van der Waals surface area contributed by atoms with Gasteiger partial charge in [-0.05, 0) is 12.8 Å². The molecule has 1 aromatic heterocycles. The van der Waals surface area contributed by atoms with E-state index in [4.69, 9.17) is 4.74 Å². The predicted octanol–water partition coefficient (Wildman–Crippen LogP) is 2.11. The van der Waals surface area contributed by atoms with Crippen LogP contribution < -0.4 is 0 Å². The average Bonchev–Trinajstić information content (AvgIpc) is 3.31. The molecular formula is C20H28N4O4S2. The largest absolute Gasteiger partial charge is 0.383 e. The van der Waals surface area contributed by atoms with Gasteiger partial charge in [-0.2, -0.15) is 0 Å². The molecule has 2 aromatic rings. The summed E-state index contributed by atoms with van der Waals surface area (Å²) < 4.78 is 30.9. The summed E-state index contributed by atoms with van der Waals surface area (Å²) in [7, 11) is -1.40. The molecule has 1 aliphatic rings. The Balaban J connectivity index is 1.73. The minimum atomic E-state index is -3.04. The van der Waals surface area contributed by atoms with Gasteiger partial charge in [0.1, 0.15) is 0 Å². The first-order valence-electron chi connectivity index (χ1n) is 10.1. The van der Waals surface area contributed by atoms with Crippen LogP contribution in [0.2, 0.25) is 0 Å². The van der Waals surface area contributed by atoms with E-state index in [1.165, 1.54) is 11.8 Å². The van der Waals surface area contributed by atoms with E-state index >= 15 is 0 Å². The van der Waals surface area contributed by atoms with E-state index in [0.29, 0.717) is 31.3 Å². The van der Waals surface area contributed by atoms with Crippen molar-refractivity contribution in [3.63, 3.8) is 0 Å². The Morgan fingerprint density at radius 3 is 2.70 bits per heavy atom. The maximum Gasteiger partial charge on any atom is 0.233 e. The highest BCUT2D eigenvalue weighted by Gasteiger charge is 2.34. The fourth-order valence-electron chi connectivity index (χ4n) is 3.56. The van der Waals surface area contributed by atoms with E-state index in [1.54, 1.807) is 12.0 Å². The Morgan fingerprint density at radius 2 is 2.07 bits per heavy atom. The quantitative estimate of drug-likeness (QED) is 0.510. The summed E-state index contributed by atoms with van der Waals surface area (Å²) in [6, 6.07) is 9.54. The number of methoxy groups -OCH3 is 1. The van der Waals surface area contributed by atoms with Crippen LogP contribution in [-0.4, -0.2) is 77.6 Å². The van der Waals surface area contributed by atoms with Gasteiger partial charge in [-0.3, -0.25) is 9.36 Å². The van der Waals surface area contributed by atoms with Gasteiger partial charge in [0, 0.05) is 25.3 Å². The van der Waals surface area contributed by atoms with Gasteiger partial charge in [-0.25, -0.2) is 8.42 Å². The predicted molar refractivity (Wildman–Crippen MR) is 117 cm³/mol. The van der Waals surface area contributed by atoms with E-state index in [9.17, 15) is 13.2 Å². The molecule has 1 aliphatic heterocycles. The van der Waals surface area contributed by atoms with E-state index in [2.05, 4.69) is 10.2 Å². The number of sulfone groups is 1. The van der Waals surface area contributed by atoms with Crippen LogP contribution in [0.1, 0.15) is 19.8 Å². The van der Waals surface area contributed by atoms with Gasteiger partial charge < -0.3 is 9.64 Å². The second kappa shape index (κ2) is 10.4. The lowest BCUT2D eigenvalue weighted by Crippen LogP contribution is -2.42. The number of thioether (sulfide) groups is 1. The van der Waals surface area contributed by atoms with Gasteiger partial charge in [0.25, 0.3) is 0 Å². The fraction of sp³-hybridized carbons (Fsp3) is 0.550. The summed E-state index contributed by atoms with van der Waals surface area (Å²) in [6.45, 7) is 3.63. The number of aromatic nitrogens is 3. The highest BCUT2D eigenvalue weighted by atomic mass is 32.2. The second-order valence-corrected chi connectivity index (χ2v) is 10.4. The molecule has 0 N–H and O–H groups in total. The third-order valence-corrected chi connectivity index (χ3v) is 7.73. The molecule has 30 heavy (non-hydrogen) atoms. The fourth-order valence-corrected chi connectivity index (χ4v) is 6.14. The molecule has 10 heteroatoms. The van der Waals surface area contributed by atoms with Crippen molar-refractivity contribution in [2.24, 2.45) is 0 Å². The Bertz CT molecular complexity index is 947. The molecular weight excluding hydrogens is 424 g/mol. The molecule has 1 amide bonds. The van der Waals surface area contributed by atoms with E-state index < -0.39 is 9.84 Å². The number of hydrogen-bond acceptors (Lipinski definition) is 7. The molecule has 1 aromatic carbocycles. The number of hydrogen-bond donors (Lipinski definition) is 0. The van der Waals surface area contributed by atoms with Crippen molar-refractivity contribution < 1.29 is 17.9 Å². The van der Waals surface area contributed by atoms with Crippen LogP contribution in [0.5, 0.6) is 0 Å². The van der Waals surface area contributed by atoms with E-state index in [1.807, 2.05) is 41.8 Å². The number of rotatable bonds is 10. The highest BCUT2D eigenvalue weighted by Crippen LogP contribution is 2.25. The highest BCUT2D eigenvalue weighted by molar-refractivity contribution is 7.99.